The first kappa shape index (κ1) is 21.8. The number of nitriles is 1. The highest BCUT2D eigenvalue weighted by molar-refractivity contribution is 6.34. The molecule has 0 aliphatic carbocycles. The lowest BCUT2D eigenvalue weighted by Crippen LogP contribution is -2.13. The van der Waals surface area contributed by atoms with Gasteiger partial charge in [0.2, 0.25) is 0 Å². The summed E-state index contributed by atoms with van der Waals surface area (Å²) in [5, 5.41) is 12.5. The van der Waals surface area contributed by atoms with Gasteiger partial charge in [0.05, 0.1) is 17.8 Å². The SMILES string of the molecule is C=CCOc1c(CC=C)cc(/C=C(\C#N)C(=O)Nc2ccccc2Cl)cc1OC. The van der Waals surface area contributed by atoms with Gasteiger partial charge in [-0.3, -0.25) is 4.79 Å². The molecule has 2 aromatic carbocycles. The van der Waals surface area contributed by atoms with E-state index in [-0.39, 0.29) is 5.57 Å². The van der Waals surface area contributed by atoms with Crippen LogP contribution in [0.1, 0.15) is 11.1 Å². The number of benzene rings is 2. The van der Waals surface area contributed by atoms with Crippen LogP contribution in [0.25, 0.3) is 6.08 Å². The van der Waals surface area contributed by atoms with Crippen LogP contribution < -0.4 is 14.8 Å². The van der Waals surface area contributed by atoms with Crippen molar-refractivity contribution >= 4 is 29.3 Å². The monoisotopic (exact) mass is 408 g/mol. The van der Waals surface area contributed by atoms with Crippen molar-refractivity contribution in [3.05, 3.63) is 83.4 Å². The number of amides is 1. The molecule has 1 amide bonds. The average molecular weight is 409 g/mol. The third kappa shape index (κ3) is 5.74. The van der Waals surface area contributed by atoms with Crippen LogP contribution in [0.15, 0.2) is 67.3 Å². The molecular formula is C23H21ClN2O3. The molecule has 0 fully saturated rings. The van der Waals surface area contributed by atoms with Gasteiger partial charge < -0.3 is 14.8 Å². The van der Waals surface area contributed by atoms with E-state index in [9.17, 15) is 10.1 Å². The predicted octanol–water partition coefficient (Wildman–Crippen LogP) is 5.19. The van der Waals surface area contributed by atoms with E-state index in [1.165, 1.54) is 13.2 Å². The highest BCUT2D eigenvalue weighted by Gasteiger charge is 2.15. The van der Waals surface area contributed by atoms with E-state index in [4.69, 9.17) is 21.1 Å². The molecule has 29 heavy (non-hydrogen) atoms. The van der Waals surface area contributed by atoms with Crippen LogP contribution in [0, 0.1) is 11.3 Å². The van der Waals surface area contributed by atoms with Crippen molar-refractivity contribution in [2.24, 2.45) is 0 Å². The lowest BCUT2D eigenvalue weighted by atomic mass is 10.0. The molecule has 1 N–H and O–H groups in total. The Balaban J connectivity index is 2.41. The Kier molecular flexibility index (Phi) is 8.08. The van der Waals surface area contributed by atoms with Gasteiger partial charge in [0.1, 0.15) is 18.2 Å². The van der Waals surface area contributed by atoms with Crippen LogP contribution in [-0.4, -0.2) is 19.6 Å². The highest BCUT2D eigenvalue weighted by atomic mass is 35.5. The third-order valence-corrected chi connectivity index (χ3v) is 4.21. The Bertz CT molecular complexity index is 990. The number of ether oxygens (including phenoxy) is 2. The molecule has 148 valence electrons. The Morgan fingerprint density at radius 2 is 2.03 bits per heavy atom. The molecule has 0 aliphatic rings. The molecule has 0 radical (unpaired) electrons. The zero-order valence-electron chi connectivity index (χ0n) is 16.1. The lowest BCUT2D eigenvalue weighted by molar-refractivity contribution is -0.112. The van der Waals surface area contributed by atoms with Gasteiger partial charge in [0.15, 0.2) is 11.5 Å². The molecule has 6 heteroatoms. The summed E-state index contributed by atoms with van der Waals surface area (Å²) in [5.74, 6) is 0.501. The van der Waals surface area contributed by atoms with Crippen LogP contribution in [0.4, 0.5) is 5.69 Å². The fourth-order valence-electron chi connectivity index (χ4n) is 2.60. The Morgan fingerprint density at radius 3 is 2.66 bits per heavy atom. The largest absolute Gasteiger partial charge is 0.493 e. The molecular weight excluding hydrogens is 388 g/mol. The first-order valence-electron chi connectivity index (χ1n) is 8.77. The van der Waals surface area contributed by atoms with Gasteiger partial charge in [-0.1, -0.05) is 42.5 Å². The lowest BCUT2D eigenvalue weighted by Gasteiger charge is -2.15. The van der Waals surface area contributed by atoms with E-state index in [1.807, 2.05) is 12.1 Å². The third-order valence-electron chi connectivity index (χ3n) is 3.88. The first-order chi connectivity index (χ1) is 14.0. The van der Waals surface area contributed by atoms with E-state index in [1.54, 1.807) is 42.5 Å². The van der Waals surface area contributed by atoms with Crippen molar-refractivity contribution < 1.29 is 14.3 Å². The molecule has 0 bridgehead atoms. The van der Waals surface area contributed by atoms with Crippen molar-refractivity contribution in [1.29, 1.82) is 5.26 Å². The summed E-state index contributed by atoms with van der Waals surface area (Å²) < 4.78 is 11.1. The van der Waals surface area contributed by atoms with E-state index >= 15 is 0 Å². The van der Waals surface area contributed by atoms with Crippen LogP contribution in [0.5, 0.6) is 11.5 Å². The van der Waals surface area contributed by atoms with Gasteiger partial charge in [-0.25, -0.2) is 0 Å². The van der Waals surface area contributed by atoms with Gasteiger partial charge in [0.25, 0.3) is 5.91 Å². The molecule has 0 spiro atoms. The fourth-order valence-corrected chi connectivity index (χ4v) is 2.78. The Hall–Kier alpha value is -3.49. The molecule has 0 atom stereocenters. The zero-order chi connectivity index (χ0) is 21.2. The number of para-hydroxylation sites is 1. The molecule has 0 saturated heterocycles. The number of anilines is 1. The fraction of sp³-hybridized carbons (Fsp3) is 0.130. The number of carbonyl (C=O) groups excluding carboxylic acids is 1. The molecule has 2 aromatic rings. The van der Waals surface area contributed by atoms with Crippen LogP contribution in [0.3, 0.4) is 0 Å². The van der Waals surface area contributed by atoms with E-state index in [0.717, 1.165) is 5.56 Å². The summed E-state index contributed by atoms with van der Waals surface area (Å²) in [6.07, 6.45) is 5.38. The Labute approximate surface area is 175 Å². The van der Waals surface area contributed by atoms with Crippen molar-refractivity contribution in [2.45, 2.75) is 6.42 Å². The van der Waals surface area contributed by atoms with Crippen molar-refractivity contribution in [3.8, 4) is 17.6 Å². The number of allylic oxidation sites excluding steroid dienone is 1. The topological polar surface area (TPSA) is 71.3 Å². The molecule has 0 heterocycles. The average Bonchev–Trinajstić information content (AvgIpc) is 2.72. The summed E-state index contributed by atoms with van der Waals surface area (Å²) in [4.78, 5) is 12.5. The van der Waals surface area contributed by atoms with Gasteiger partial charge >= 0.3 is 0 Å². The molecule has 2 rings (SSSR count). The summed E-state index contributed by atoms with van der Waals surface area (Å²) in [6.45, 7) is 7.73. The number of halogens is 1. The first-order valence-corrected chi connectivity index (χ1v) is 9.15. The summed E-state index contributed by atoms with van der Waals surface area (Å²) >= 11 is 6.07. The van der Waals surface area contributed by atoms with Gasteiger partial charge in [-0.05, 0) is 42.3 Å². The minimum atomic E-state index is -0.558. The molecule has 0 saturated carbocycles. The van der Waals surface area contributed by atoms with E-state index in [2.05, 4.69) is 18.5 Å². The number of rotatable bonds is 9. The Morgan fingerprint density at radius 1 is 1.28 bits per heavy atom. The van der Waals surface area contributed by atoms with Crippen LogP contribution >= 0.6 is 11.6 Å². The number of hydrogen-bond donors (Lipinski definition) is 1. The second-order valence-electron chi connectivity index (χ2n) is 5.91. The summed E-state index contributed by atoms with van der Waals surface area (Å²) in [7, 11) is 1.52. The minimum Gasteiger partial charge on any atom is -0.493 e. The normalized spacial score (nSPS) is 10.6. The minimum absolute atomic E-state index is 0.0729. The molecule has 0 aliphatic heterocycles. The van der Waals surface area contributed by atoms with Crippen molar-refractivity contribution in [3.63, 3.8) is 0 Å². The van der Waals surface area contributed by atoms with Gasteiger partial charge in [-0.2, -0.15) is 5.26 Å². The van der Waals surface area contributed by atoms with Gasteiger partial charge in [-0.15, -0.1) is 6.58 Å². The predicted molar refractivity (Wildman–Crippen MR) is 116 cm³/mol. The highest BCUT2D eigenvalue weighted by Crippen LogP contribution is 2.34. The summed E-state index contributed by atoms with van der Waals surface area (Å²) in [5.41, 5.74) is 1.79. The molecule has 5 nitrogen and oxygen atoms in total. The number of nitrogens with zero attached hydrogens (tertiary/aromatic N) is 1. The van der Waals surface area contributed by atoms with Crippen molar-refractivity contribution in [1.82, 2.24) is 0 Å². The smallest absolute Gasteiger partial charge is 0.266 e. The number of methoxy groups -OCH3 is 1. The number of hydrogen-bond acceptors (Lipinski definition) is 4. The van der Waals surface area contributed by atoms with E-state index < -0.39 is 5.91 Å². The second kappa shape index (κ2) is 10.7. The van der Waals surface area contributed by atoms with E-state index in [0.29, 0.717) is 40.8 Å². The van der Waals surface area contributed by atoms with Crippen LogP contribution in [0.2, 0.25) is 5.02 Å². The standard InChI is InChI=1S/C23H21ClN2O3/c1-4-8-17-12-16(14-21(28-3)22(17)29-11-5-2)13-18(15-25)23(27)26-20-10-7-6-9-19(20)24/h4-7,9-10,12-14H,1-2,8,11H2,3H3,(H,26,27)/b18-13+. The molecule has 0 aromatic heterocycles. The number of carbonyl (C=O) groups is 1. The van der Waals surface area contributed by atoms with Crippen LogP contribution in [-0.2, 0) is 11.2 Å². The van der Waals surface area contributed by atoms with Gasteiger partial charge in [0, 0.05) is 5.56 Å². The maximum atomic E-state index is 12.5. The summed E-state index contributed by atoms with van der Waals surface area (Å²) in [6, 6.07) is 12.3. The quantitative estimate of drug-likeness (QED) is 0.352. The zero-order valence-corrected chi connectivity index (χ0v) is 16.8. The maximum Gasteiger partial charge on any atom is 0.266 e. The molecule has 0 unspecified atom stereocenters. The maximum absolute atomic E-state index is 12.5. The van der Waals surface area contributed by atoms with Crippen molar-refractivity contribution in [2.75, 3.05) is 19.0 Å². The number of nitrogens with one attached hydrogen (secondary N) is 1. The second-order valence-corrected chi connectivity index (χ2v) is 6.31.